The van der Waals surface area contributed by atoms with Crippen LogP contribution in [0, 0.1) is 0 Å². The molecule has 1 heterocycles. The number of rotatable bonds is 3. The topological polar surface area (TPSA) is 42.4 Å². The van der Waals surface area contributed by atoms with E-state index in [0.717, 1.165) is 26.6 Å². The van der Waals surface area contributed by atoms with Gasteiger partial charge in [0.25, 0.3) is 0 Å². The van der Waals surface area contributed by atoms with Crippen molar-refractivity contribution < 1.29 is 9.84 Å². The van der Waals surface area contributed by atoms with Crippen LogP contribution in [-0.2, 0) is 0 Å². The van der Waals surface area contributed by atoms with Crippen molar-refractivity contribution in [1.29, 1.82) is 0 Å². The van der Waals surface area contributed by atoms with Crippen LogP contribution in [0.3, 0.4) is 0 Å². The molecule has 21 heavy (non-hydrogen) atoms. The van der Waals surface area contributed by atoms with Gasteiger partial charge in [0.2, 0.25) is 5.88 Å². The number of aromatic nitrogens is 1. The summed E-state index contributed by atoms with van der Waals surface area (Å²) < 4.78 is 6.82. The molecule has 1 N–H and O–H groups in total. The molecular formula is C17H14BrNO2. The molecule has 4 heteroatoms. The zero-order valence-electron chi connectivity index (χ0n) is 11.5. The maximum Gasteiger partial charge on any atom is 0.219 e. The van der Waals surface area contributed by atoms with Crippen LogP contribution in [0.4, 0.5) is 0 Å². The molecule has 0 amide bonds. The second-order valence-corrected chi connectivity index (χ2v) is 5.77. The maximum absolute atomic E-state index is 9.59. The Bertz CT molecular complexity index is 787. The van der Waals surface area contributed by atoms with Gasteiger partial charge in [0.15, 0.2) is 0 Å². The third kappa shape index (κ3) is 3.23. The normalized spacial score (nSPS) is 12.3. The van der Waals surface area contributed by atoms with E-state index in [9.17, 15) is 5.11 Å². The highest BCUT2D eigenvalue weighted by molar-refractivity contribution is 9.10. The standard InChI is InChI=1S/C17H14BrNO2/c1-11(20)12-6-7-19-17(10-12)21-16-5-3-13-8-15(18)4-2-14(13)9-16/h2-11,20H,1H3/t11-/m0/s1. The first-order valence-electron chi connectivity index (χ1n) is 6.63. The van der Waals surface area contributed by atoms with E-state index >= 15 is 0 Å². The van der Waals surface area contributed by atoms with Gasteiger partial charge in [0, 0.05) is 16.7 Å². The Morgan fingerprint density at radius 3 is 2.62 bits per heavy atom. The van der Waals surface area contributed by atoms with Crippen LogP contribution in [0.15, 0.2) is 59.2 Å². The average Bonchev–Trinajstić information content (AvgIpc) is 2.48. The highest BCUT2D eigenvalue weighted by Gasteiger charge is 2.05. The number of nitrogens with zero attached hydrogens (tertiary/aromatic N) is 1. The molecule has 0 spiro atoms. The van der Waals surface area contributed by atoms with Crippen LogP contribution in [0.1, 0.15) is 18.6 Å². The molecule has 1 aromatic heterocycles. The van der Waals surface area contributed by atoms with Crippen molar-refractivity contribution in [3.8, 4) is 11.6 Å². The van der Waals surface area contributed by atoms with Crippen LogP contribution in [0.2, 0.25) is 0 Å². The summed E-state index contributed by atoms with van der Waals surface area (Å²) in [4.78, 5) is 4.17. The van der Waals surface area contributed by atoms with Crippen LogP contribution in [0.25, 0.3) is 10.8 Å². The van der Waals surface area contributed by atoms with Gasteiger partial charge in [-0.2, -0.15) is 0 Å². The van der Waals surface area contributed by atoms with Gasteiger partial charge in [-0.3, -0.25) is 0 Å². The minimum Gasteiger partial charge on any atom is -0.439 e. The van der Waals surface area contributed by atoms with E-state index < -0.39 is 6.10 Å². The van der Waals surface area contributed by atoms with Gasteiger partial charge < -0.3 is 9.84 Å². The van der Waals surface area contributed by atoms with Crippen molar-refractivity contribution in [2.24, 2.45) is 0 Å². The third-order valence-corrected chi connectivity index (χ3v) is 3.73. The van der Waals surface area contributed by atoms with Gasteiger partial charge in [-0.25, -0.2) is 4.98 Å². The lowest BCUT2D eigenvalue weighted by Crippen LogP contribution is -1.94. The Morgan fingerprint density at radius 2 is 1.81 bits per heavy atom. The number of aliphatic hydroxyl groups excluding tert-OH is 1. The van der Waals surface area contributed by atoms with Gasteiger partial charge in [0.1, 0.15) is 5.75 Å². The van der Waals surface area contributed by atoms with Gasteiger partial charge >= 0.3 is 0 Å². The second-order valence-electron chi connectivity index (χ2n) is 4.86. The summed E-state index contributed by atoms with van der Waals surface area (Å²) in [7, 11) is 0. The molecule has 0 saturated heterocycles. The van der Waals surface area contributed by atoms with Gasteiger partial charge in [0.05, 0.1) is 6.10 Å². The fourth-order valence-electron chi connectivity index (χ4n) is 2.12. The Morgan fingerprint density at radius 1 is 1.05 bits per heavy atom. The molecule has 0 fully saturated rings. The zero-order chi connectivity index (χ0) is 14.8. The lowest BCUT2D eigenvalue weighted by atomic mass is 10.1. The van der Waals surface area contributed by atoms with Gasteiger partial charge in [-0.1, -0.05) is 28.1 Å². The number of ether oxygens (including phenoxy) is 1. The fraction of sp³-hybridized carbons (Fsp3) is 0.118. The van der Waals surface area contributed by atoms with Crippen molar-refractivity contribution in [1.82, 2.24) is 4.98 Å². The highest BCUT2D eigenvalue weighted by atomic mass is 79.9. The van der Waals surface area contributed by atoms with E-state index in [2.05, 4.69) is 27.0 Å². The number of aliphatic hydroxyl groups is 1. The van der Waals surface area contributed by atoms with Crippen molar-refractivity contribution in [3.05, 3.63) is 64.8 Å². The third-order valence-electron chi connectivity index (χ3n) is 3.24. The van der Waals surface area contributed by atoms with E-state index in [4.69, 9.17) is 4.74 Å². The lowest BCUT2D eigenvalue weighted by molar-refractivity contribution is 0.198. The molecule has 0 unspecified atom stereocenters. The molecule has 0 radical (unpaired) electrons. The summed E-state index contributed by atoms with van der Waals surface area (Å²) >= 11 is 3.46. The van der Waals surface area contributed by atoms with E-state index in [1.54, 1.807) is 25.3 Å². The first-order chi connectivity index (χ1) is 10.1. The predicted octanol–water partition coefficient (Wildman–Crippen LogP) is 4.84. The van der Waals surface area contributed by atoms with E-state index in [0.29, 0.717) is 5.88 Å². The van der Waals surface area contributed by atoms with E-state index in [1.807, 2.05) is 30.3 Å². The Hall–Kier alpha value is -1.91. The highest BCUT2D eigenvalue weighted by Crippen LogP contribution is 2.27. The summed E-state index contributed by atoms with van der Waals surface area (Å²) in [5.74, 6) is 1.20. The fourth-order valence-corrected chi connectivity index (χ4v) is 2.50. The molecule has 0 bridgehead atoms. The molecule has 3 aromatic rings. The minimum atomic E-state index is -0.538. The SMILES string of the molecule is C[C@H](O)c1ccnc(Oc2ccc3cc(Br)ccc3c2)c1. The minimum absolute atomic E-state index is 0.477. The smallest absolute Gasteiger partial charge is 0.219 e. The molecule has 0 aliphatic carbocycles. The largest absolute Gasteiger partial charge is 0.439 e. The number of halogens is 1. The number of fused-ring (bicyclic) bond motifs is 1. The first kappa shape index (κ1) is 14.0. The molecule has 2 aromatic carbocycles. The van der Waals surface area contributed by atoms with Crippen molar-refractivity contribution in [3.63, 3.8) is 0 Å². The number of benzene rings is 2. The Balaban J connectivity index is 1.91. The zero-order valence-corrected chi connectivity index (χ0v) is 13.0. The monoisotopic (exact) mass is 343 g/mol. The van der Waals surface area contributed by atoms with Crippen molar-refractivity contribution in [2.45, 2.75) is 13.0 Å². The van der Waals surface area contributed by atoms with Crippen LogP contribution in [0.5, 0.6) is 11.6 Å². The molecule has 106 valence electrons. The second kappa shape index (κ2) is 5.84. The molecule has 3 nitrogen and oxygen atoms in total. The van der Waals surface area contributed by atoms with Crippen molar-refractivity contribution >= 4 is 26.7 Å². The van der Waals surface area contributed by atoms with Crippen LogP contribution >= 0.6 is 15.9 Å². The van der Waals surface area contributed by atoms with Gasteiger partial charge in [-0.05, 0) is 53.6 Å². The quantitative estimate of drug-likeness (QED) is 0.739. The summed E-state index contributed by atoms with van der Waals surface area (Å²) in [6.45, 7) is 1.72. The van der Waals surface area contributed by atoms with Crippen LogP contribution in [-0.4, -0.2) is 10.1 Å². The molecule has 0 saturated carbocycles. The molecule has 3 rings (SSSR count). The van der Waals surface area contributed by atoms with Crippen molar-refractivity contribution in [2.75, 3.05) is 0 Å². The van der Waals surface area contributed by atoms with Gasteiger partial charge in [-0.15, -0.1) is 0 Å². The van der Waals surface area contributed by atoms with Crippen LogP contribution < -0.4 is 4.74 Å². The molecule has 1 atom stereocenters. The summed E-state index contributed by atoms with van der Waals surface area (Å²) in [5.41, 5.74) is 0.782. The number of pyridine rings is 1. The molecule has 0 aliphatic heterocycles. The molecular weight excluding hydrogens is 330 g/mol. The Labute approximate surface area is 131 Å². The summed E-state index contributed by atoms with van der Waals surface area (Å²) in [5, 5.41) is 11.8. The Kier molecular flexibility index (Phi) is 3.90. The maximum atomic E-state index is 9.59. The first-order valence-corrected chi connectivity index (χ1v) is 7.42. The number of hydrogen-bond acceptors (Lipinski definition) is 3. The van der Waals surface area contributed by atoms with E-state index in [1.165, 1.54) is 0 Å². The molecule has 0 aliphatic rings. The number of hydrogen-bond donors (Lipinski definition) is 1. The average molecular weight is 344 g/mol. The summed E-state index contributed by atoms with van der Waals surface area (Å²) in [6, 6.07) is 15.5. The predicted molar refractivity (Wildman–Crippen MR) is 86.6 cm³/mol. The summed E-state index contributed by atoms with van der Waals surface area (Å²) in [6.07, 6.45) is 1.10. The lowest BCUT2D eigenvalue weighted by Gasteiger charge is -2.09. The van der Waals surface area contributed by atoms with E-state index in [-0.39, 0.29) is 0 Å².